The number of aliphatic carboxylic acids is 1. The molecule has 0 radical (unpaired) electrons. The highest BCUT2D eigenvalue weighted by atomic mass is 16.6. The topological polar surface area (TPSA) is 97.5 Å². The summed E-state index contributed by atoms with van der Waals surface area (Å²) in [7, 11) is 0. The van der Waals surface area contributed by atoms with Crippen molar-refractivity contribution < 1.29 is 19.6 Å². The van der Waals surface area contributed by atoms with Crippen LogP contribution in [0.1, 0.15) is 66.8 Å². The van der Waals surface area contributed by atoms with Crippen molar-refractivity contribution in [1.82, 2.24) is 0 Å². The van der Waals surface area contributed by atoms with Crippen LogP contribution >= 0.6 is 0 Å². The van der Waals surface area contributed by atoms with E-state index in [1.54, 1.807) is 12.1 Å². The molecule has 0 unspecified atom stereocenters. The van der Waals surface area contributed by atoms with Crippen LogP contribution in [0, 0.1) is 10.1 Å². The van der Waals surface area contributed by atoms with Gasteiger partial charge in [-0.15, -0.1) is 0 Å². The zero-order valence-corrected chi connectivity index (χ0v) is 12.3. The Balaban J connectivity index is 2.24. The van der Waals surface area contributed by atoms with E-state index in [4.69, 9.17) is 5.11 Å². The van der Waals surface area contributed by atoms with Crippen LogP contribution in [0.5, 0.6) is 0 Å². The number of Topliss-reactive ketones (excluding diaryl/α,β-unsaturated/α-hetero) is 1. The quantitative estimate of drug-likeness (QED) is 0.491. The van der Waals surface area contributed by atoms with Crippen LogP contribution < -0.4 is 0 Å². The van der Waals surface area contributed by atoms with Crippen LogP contribution in [-0.2, 0) is 4.79 Å². The smallest absolute Gasteiger partial charge is 0.303 e. The zero-order valence-electron chi connectivity index (χ0n) is 12.3. The van der Waals surface area contributed by atoms with Crippen LogP contribution in [0.25, 0.3) is 0 Å². The SMILES string of the molecule is O=C(O)CCC(=O)c1ccc(C2CCCCC2)c([N+](=O)[O-])c1. The number of carboxylic acid groups (broad SMARTS) is 1. The second-order valence-electron chi connectivity index (χ2n) is 5.68. The van der Waals surface area contributed by atoms with E-state index >= 15 is 0 Å². The van der Waals surface area contributed by atoms with Gasteiger partial charge in [0, 0.05) is 23.6 Å². The minimum atomic E-state index is -1.05. The molecule has 2 rings (SSSR count). The van der Waals surface area contributed by atoms with Gasteiger partial charge in [-0.1, -0.05) is 31.4 Å². The highest BCUT2D eigenvalue weighted by Crippen LogP contribution is 2.37. The fraction of sp³-hybridized carbons (Fsp3) is 0.500. The molecule has 0 aromatic heterocycles. The molecule has 1 aliphatic carbocycles. The van der Waals surface area contributed by atoms with Gasteiger partial charge in [-0.2, -0.15) is 0 Å². The average molecular weight is 305 g/mol. The zero-order chi connectivity index (χ0) is 16.1. The third-order valence-electron chi connectivity index (χ3n) is 4.16. The Bertz CT molecular complexity index is 590. The van der Waals surface area contributed by atoms with Gasteiger partial charge in [0.2, 0.25) is 0 Å². The normalized spacial score (nSPS) is 15.5. The maximum atomic E-state index is 11.9. The second-order valence-corrected chi connectivity index (χ2v) is 5.68. The molecule has 118 valence electrons. The number of benzene rings is 1. The summed E-state index contributed by atoms with van der Waals surface area (Å²) in [5.41, 5.74) is 0.889. The van der Waals surface area contributed by atoms with Crippen molar-refractivity contribution in [1.29, 1.82) is 0 Å². The molecule has 1 saturated carbocycles. The van der Waals surface area contributed by atoms with Crippen molar-refractivity contribution in [3.8, 4) is 0 Å². The minimum Gasteiger partial charge on any atom is -0.481 e. The first kappa shape index (κ1) is 16.1. The van der Waals surface area contributed by atoms with E-state index in [1.165, 1.54) is 6.07 Å². The van der Waals surface area contributed by atoms with Crippen LogP contribution in [0.2, 0.25) is 0 Å². The lowest BCUT2D eigenvalue weighted by Crippen LogP contribution is -2.09. The van der Waals surface area contributed by atoms with E-state index in [1.807, 2.05) is 0 Å². The van der Waals surface area contributed by atoms with Crippen molar-refractivity contribution in [2.75, 3.05) is 0 Å². The molecule has 0 saturated heterocycles. The summed E-state index contributed by atoms with van der Waals surface area (Å²) in [6.45, 7) is 0. The lowest BCUT2D eigenvalue weighted by molar-refractivity contribution is -0.385. The summed E-state index contributed by atoms with van der Waals surface area (Å²) in [5, 5.41) is 19.9. The first-order chi connectivity index (χ1) is 10.5. The first-order valence-electron chi connectivity index (χ1n) is 7.52. The van der Waals surface area contributed by atoms with Crippen molar-refractivity contribution in [3.05, 3.63) is 39.4 Å². The molecule has 1 aromatic rings. The summed E-state index contributed by atoms with van der Waals surface area (Å²) >= 11 is 0. The number of nitrogens with zero attached hydrogens (tertiary/aromatic N) is 1. The summed E-state index contributed by atoms with van der Waals surface area (Å²) in [6.07, 6.45) is 4.77. The van der Waals surface area contributed by atoms with Crippen molar-refractivity contribution in [2.24, 2.45) is 0 Å². The van der Waals surface area contributed by atoms with Crippen molar-refractivity contribution in [3.63, 3.8) is 0 Å². The molecular weight excluding hydrogens is 286 g/mol. The fourth-order valence-electron chi connectivity index (χ4n) is 3.00. The molecule has 22 heavy (non-hydrogen) atoms. The van der Waals surface area contributed by atoms with Crippen LogP contribution in [0.4, 0.5) is 5.69 Å². The molecule has 0 aliphatic heterocycles. The summed E-state index contributed by atoms with van der Waals surface area (Å²) in [6, 6.07) is 4.55. The Morgan fingerprint density at radius 2 is 1.86 bits per heavy atom. The van der Waals surface area contributed by atoms with Gasteiger partial charge in [0.05, 0.1) is 11.3 Å². The summed E-state index contributed by atoms with van der Waals surface area (Å²) < 4.78 is 0. The van der Waals surface area contributed by atoms with Gasteiger partial charge in [0.15, 0.2) is 5.78 Å². The molecule has 6 heteroatoms. The van der Waals surface area contributed by atoms with Crippen LogP contribution in [-0.4, -0.2) is 21.8 Å². The van der Waals surface area contributed by atoms with Gasteiger partial charge in [-0.3, -0.25) is 19.7 Å². The third kappa shape index (κ3) is 3.90. The summed E-state index contributed by atoms with van der Waals surface area (Å²) in [5.74, 6) is -1.25. The van der Waals surface area contributed by atoms with E-state index in [9.17, 15) is 19.7 Å². The lowest BCUT2D eigenvalue weighted by atomic mass is 9.83. The van der Waals surface area contributed by atoms with E-state index < -0.39 is 10.9 Å². The van der Waals surface area contributed by atoms with E-state index in [0.29, 0.717) is 5.56 Å². The molecule has 0 atom stereocenters. The highest BCUT2D eigenvalue weighted by Gasteiger charge is 2.25. The number of nitro groups is 1. The summed E-state index contributed by atoms with van der Waals surface area (Å²) in [4.78, 5) is 33.3. The highest BCUT2D eigenvalue weighted by molar-refractivity contribution is 5.98. The second kappa shape index (κ2) is 7.15. The van der Waals surface area contributed by atoms with Crippen molar-refractivity contribution in [2.45, 2.75) is 50.9 Å². The number of hydrogen-bond acceptors (Lipinski definition) is 4. The van der Waals surface area contributed by atoms with Crippen LogP contribution in [0.15, 0.2) is 18.2 Å². The molecule has 1 aliphatic rings. The maximum absolute atomic E-state index is 11.9. The minimum absolute atomic E-state index is 0.0203. The van der Waals surface area contributed by atoms with Gasteiger partial charge in [-0.25, -0.2) is 0 Å². The molecule has 0 amide bonds. The molecule has 1 fully saturated rings. The molecular formula is C16H19NO5. The largest absolute Gasteiger partial charge is 0.481 e. The van der Waals surface area contributed by atoms with E-state index in [0.717, 1.165) is 32.1 Å². The standard InChI is InChI=1S/C16H19NO5/c18-15(8-9-16(19)20)12-6-7-13(14(10-12)17(21)22)11-4-2-1-3-5-11/h6-7,10-11H,1-5,8-9H2,(H,19,20). The molecule has 1 N–H and O–H groups in total. The maximum Gasteiger partial charge on any atom is 0.303 e. The first-order valence-corrected chi connectivity index (χ1v) is 7.52. The number of rotatable bonds is 6. The average Bonchev–Trinajstić information content (AvgIpc) is 2.52. The van der Waals surface area contributed by atoms with E-state index in [-0.39, 0.29) is 35.8 Å². The van der Waals surface area contributed by atoms with Crippen molar-refractivity contribution >= 4 is 17.4 Å². The Morgan fingerprint density at radius 3 is 2.45 bits per heavy atom. The van der Waals surface area contributed by atoms with E-state index in [2.05, 4.69) is 0 Å². The third-order valence-corrected chi connectivity index (χ3v) is 4.16. The van der Waals surface area contributed by atoms with Gasteiger partial charge in [-0.05, 0) is 18.8 Å². The lowest BCUT2D eigenvalue weighted by Gasteiger charge is -2.21. The molecule has 0 spiro atoms. The van der Waals surface area contributed by atoms with Gasteiger partial charge in [0.25, 0.3) is 5.69 Å². The number of ketones is 1. The van der Waals surface area contributed by atoms with Crippen LogP contribution in [0.3, 0.4) is 0 Å². The van der Waals surface area contributed by atoms with Gasteiger partial charge in [0.1, 0.15) is 0 Å². The number of carboxylic acids is 1. The molecule has 0 heterocycles. The number of nitro benzene ring substituents is 1. The fourth-order valence-corrected chi connectivity index (χ4v) is 3.00. The Hall–Kier alpha value is -2.24. The number of carbonyl (C=O) groups is 2. The Morgan fingerprint density at radius 1 is 1.18 bits per heavy atom. The number of hydrogen-bond donors (Lipinski definition) is 1. The molecule has 6 nitrogen and oxygen atoms in total. The predicted molar refractivity (Wildman–Crippen MR) is 80.1 cm³/mol. The van der Waals surface area contributed by atoms with Gasteiger partial charge < -0.3 is 5.11 Å². The van der Waals surface area contributed by atoms with Gasteiger partial charge >= 0.3 is 5.97 Å². The number of carbonyl (C=O) groups excluding carboxylic acids is 1. The predicted octanol–water partition coefficient (Wildman–Crippen LogP) is 3.69. The Labute approximate surface area is 128 Å². The Kier molecular flexibility index (Phi) is 5.25. The molecule has 1 aromatic carbocycles. The molecule has 0 bridgehead atoms. The monoisotopic (exact) mass is 305 g/mol.